The quantitative estimate of drug-likeness (QED) is 0.293. The largest absolute Gasteiger partial charge is 0.489 e. The SMILES string of the molecule is CC[C@H](O)COC(c1ccccc1)(c1ccccc1)c1ccc(OCc2ccccc2)cc1. The van der Waals surface area contributed by atoms with Crippen molar-refractivity contribution in [1.29, 1.82) is 0 Å². The van der Waals surface area contributed by atoms with Crippen LogP contribution in [-0.2, 0) is 16.9 Å². The van der Waals surface area contributed by atoms with Crippen LogP contribution in [0.3, 0.4) is 0 Å². The topological polar surface area (TPSA) is 38.7 Å². The molecule has 0 aliphatic carbocycles. The maximum absolute atomic E-state index is 10.3. The van der Waals surface area contributed by atoms with E-state index >= 15 is 0 Å². The number of hydrogen-bond acceptors (Lipinski definition) is 3. The van der Waals surface area contributed by atoms with Gasteiger partial charge in [0.25, 0.3) is 0 Å². The Balaban J connectivity index is 1.72. The number of benzene rings is 4. The molecule has 0 aromatic heterocycles. The van der Waals surface area contributed by atoms with Gasteiger partial charge in [0.15, 0.2) is 0 Å². The molecule has 0 aliphatic heterocycles. The second kappa shape index (κ2) is 11.0. The Morgan fingerprint density at radius 1 is 0.667 bits per heavy atom. The van der Waals surface area contributed by atoms with Gasteiger partial charge in [-0.2, -0.15) is 0 Å². The summed E-state index contributed by atoms with van der Waals surface area (Å²) < 4.78 is 12.6. The fraction of sp³-hybridized carbons (Fsp3) is 0.200. The molecule has 168 valence electrons. The predicted molar refractivity (Wildman–Crippen MR) is 132 cm³/mol. The molecule has 0 bridgehead atoms. The van der Waals surface area contributed by atoms with Crippen LogP contribution in [0.2, 0.25) is 0 Å². The fourth-order valence-corrected chi connectivity index (χ4v) is 3.96. The van der Waals surface area contributed by atoms with Gasteiger partial charge in [0.2, 0.25) is 0 Å². The van der Waals surface area contributed by atoms with Crippen molar-refractivity contribution in [3.8, 4) is 5.75 Å². The van der Waals surface area contributed by atoms with Crippen molar-refractivity contribution in [3.05, 3.63) is 138 Å². The molecule has 0 fully saturated rings. The first-order valence-electron chi connectivity index (χ1n) is 11.4. The van der Waals surface area contributed by atoms with E-state index in [0.717, 1.165) is 28.0 Å². The van der Waals surface area contributed by atoms with Crippen LogP contribution < -0.4 is 4.74 Å². The van der Waals surface area contributed by atoms with Crippen LogP contribution in [0.4, 0.5) is 0 Å². The lowest BCUT2D eigenvalue weighted by molar-refractivity contribution is -0.0386. The summed E-state index contributed by atoms with van der Waals surface area (Å²) >= 11 is 0. The Hall–Kier alpha value is -3.40. The molecular formula is C30H30O3. The summed E-state index contributed by atoms with van der Waals surface area (Å²) in [7, 11) is 0. The normalized spacial score (nSPS) is 12.3. The number of rotatable bonds is 10. The maximum Gasteiger partial charge on any atom is 0.143 e. The molecule has 0 unspecified atom stereocenters. The zero-order valence-electron chi connectivity index (χ0n) is 18.9. The van der Waals surface area contributed by atoms with Crippen molar-refractivity contribution in [2.24, 2.45) is 0 Å². The Morgan fingerprint density at radius 2 is 1.15 bits per heavy atom. The Morgan fingerprint density at radius 3 is 1.67 bits per heavy atom. The monoisotopic (exact) mass is 438 g/mol. The van der Waals surface area contributed by atoms with Crippen LogP contribution in [0, 0.1) is 0 Å². The van der Waals surface area contributed by atoms with E-state index < -0.39 is 11.7 Å². The van der Waals surface area contributed by atoms with E-state index in [0.29, 0.717) is 13.0 Å². The molecule has 0 saturated heterocycles. The van der Waals surface area contributed by atoms with Crippen molar-refractivity contribution in [2.75, 3.05) is 6.61 Å². The molecule has 1 N–H and O–H groups in total. The van der Waals surface area contributed by atoms with Gasteiger partial charge in [-0.05, 0) is 40.8 Å². The zero-order chi connectivity index (χ0) is 22.9. The molecule has 0 saturated carbocycles. The molecule has 0 radical (unpaired) electrons. The summed E-state index contributed by atoms with van der Waals surface area (Å²) in [5.41, 5.74) is 3.28. The smallest absolute Gasteiger partial charge is 0.143 e. The third kappa shape index (κ3) is 5.33. The van der Waals surface area contributed by atoms with Crippen LogP contribution in [-0.4, -0.2) is 17.8 Å². The van der Waals surface area contributed by atoms with Gasteiger partial charge in [-0.15, -0.1) is 0 Å². The van der Waals surface area contributed by atoms with Crippen LogP contribution in [0.25, 0.3) is 0 Å². The first-order chi connectivity index (χ1) is 16.2. The molecule has 3 heteroatoms. The highest BCUT2D eigenvalue weighted by molar-refractivity contribution is 5.48. The first-order valence-corrected chi connectivity index (χ1v) is 11.4. The molecule has 0 heterocycles. The summed E-state index contributed by atoms with van der Waals surface area (Å²) in [4.78, 5) is 0. The summed E-state index contributed by atoms with van der Waals surface area (Å²) in [6, 6.07) is 38.6. The van der Waals surface area contributed by atoms with E-state index in [-0.39, 0.29) is 6.61 Å². The van der Waals surface area contributed by atoms with Crippen LogP contribution >= 0.6 is 0 Å². The zero-order valence-corrected chi connectivity index (χ0v) is 18.9. The summed E-state index contributed by atoms with van der Waals surface area (Å²) in [6.07, 6.45) is 0.0941. The second-order valence-electron chi connectivity index (χ2n) is 8.08. The van der Waals surface area contributed by atoms with Crippen molar-refractivity contribution in [3.63, 3.8) is 0 Å². The molecule has 0 spiro atoms. The Kier molecular flexibility index (Phi) is 7.56. The number of ether oxygens (including phenoxy) is 2. The molecule has 4 aromatic rings. The standard InChI is InChI=1S/C30H30O3/c1-2-28(31)23-33-30(25-14-8-4-9-15-25,26-16-10-5-11-17-26)27-18-20-29(21-19-27)32-22-24-12-6-3-7-13-24/h3-21,28,31H,2,22-23H2,1H3/t28-/m0/s1. The van der Waals surface area contributed by atoms with Crippen molar-refractivity contribution in [2.45, 2.75) is 31.7 Å². The molecule has 4 aromatic carbocycles. The molecule has 1 atom stereocenters. The molecule has 0 aliphatic rings. The van der Waals surface area contributed by atoms with E-state index in [1.165, 1.54) is 0 Å². The molecule has 4 rings (SSSR count). The van der Waals surface area contributed by atoms with E-state index in [4.69, 9.17) is 9.47 Å². The first kappa shape index (κ1) is 22.8. The van der Waals surface area contributed by atoms with Gasteiger partial charge >= 0.3 is 0 Å². The van der Waals surface area contributed by atoms with Gasteiger partial charge in [0, 0.05) is 0 Å². The van der Waals surface area contributed by atoms with Gasteiger partial charge in [0.05, 0.1) is 12.7 Å². The van der Waals surface area contributed by atoms with Crippen molar-refractivity contribution < 1.29 is 14.6 Å². The van der Waals surface area contributed by atoms with Gasteiger partial charge in [0.1, 0.15) is 18.0 Å². The average molecular weight is 439 g/mol. The minimum Gasteiger partial charge on any atom is -0.489 e. The molecule has 0 amide bonds. The van der Waals surface area contributed by atoms with Gasteiger partial charge in [-0.25, -0.2) is 0 Å². The number of aliphatic hydroxyl groups excluding tert-OH is 1. The van der Waals surface area contributed by atoms with Crippen molar-refractivity contribution >= 4 is 0 Å². The minimum atomic E-state index is -0.851. The van der Waals surface area contributed by atoms with Crippen LogP contribution in [0.5, 0.6) is 5.75 Å². The van der Waals surface area contributed by atoms with Crippen molar-refractivity contribution in [1.82, 2.24) is 0 Å². The fourth-order valence-electron chi connectivity index (χ4n) is 3.96. The second-order valence-corrected chi connectivity index (χ2v) is 8.08. The molecule has 3 nitrogen and oxygen atoms in total. The summed E-state index contributed by atoms with van der Waals surface area (Å²) in [5, 5.41) is 10.3. The Bertz CT molecular complexity index is 1050. The third-order valence-corrected chi connectivity index (χ3v) is 5.83. The Labute approximate surface area is 196 Å². The van der Waals surface area contributed by atoms with Gasteiger partial charge < -0.3 is 14.6 Å². The van der Waals surface area contributed by atoms with E-state index in [1.54, 1.807) is 0 Å². The van der Waals surface area contributed by atoms with E-state index in [1.807, 2.05) is 73.7 Å². The highest BCUT2D eigenvalue weighted by Crippen LogP contribution is 2.41. The maximum atomic E-state index is 10.3. The average Bonchev–Trinajstić information content (AvgIpc) is 2.90. The minimum absolute atomic E-state index is 0.229. The van der Waals surface area contributed by atoms with E-state index in [9.17, 15) is 5.11 Å². The highest BCUT2D eigenvalue weighted by atomic mass is 16.5. The third-order valence-electron chi connectivity index (χ3n) is 5.83. The molecular weight excluding hydrogens is 408 g/mol. The van der Waals surface area contributed by atoms with Crippen LogP contribution in [0.1, 0.15) is 35.6 Å². The number of hydrogen-bond donors (Lipinski definition) is 1. The van der Waals surface area contributed by atoms with Gasteiger partial charge in [-0.3, -0.25) is 0 Å². The lowest BCUT2D eigenvalue weighted by atomic mass is 9.80. The predicted octanol–water partition coefficient (Wildman–Crippen LogP) is 6.35. The van der Waals surface area contributed by atoms with Gasteiger partial charge in [-0.1, -0.05) is 110 Å². The van der Waals surface area contributed by atoms with E-state index in [2.05, 4.69) is 48.5 Å². The highest BCUT2D eigenvalue weighted by Gasteiger charge is 2.38. The molecule has 33 heavy (non-hydrogen) atoms. The number of aliphatic hydroxyl groups is 1. The lowest BCUT2D eigenvalue weighted by Gasteiger charge is -2.36. The summed E-state index contributed by atoms with van der Waals surface area (Å²) in [6.45, 7) is 2.70. The summed E-state index contributed by atoms with van der Waals surface area (Å²) in [5.74, 6) is 0.797. The van der Waals surface area contributed by atoms with Crippen LogP contribution in [0.15, 0.2) is 115 Å². The lowest BCUT2D eigenvalue weighted by Crippen LogP contribution is -2.35.